The number of nitrogens with two attached hydrogens (primary N) is 1. The van der Waals surface area contributed by atoms with E-state index >= 15 is 0 Å². The number of pyridine rings is 1. The third kappa shape index (κ3) is 4.95. The van der Waals surface area contributed by atoms with Gasteiger partial charge in [-0.3, -0.25) is 4.99 Å². The number of nitrogens with zero attached hydrogens (tertiary/aromatic N) is 4. The molecule has 0 amide bonds. The molecule has 0 saturated heterocycles. The Hall–Kier alpha value is -2.97. The van der Waals surface area contributed by atoms with Crippen LogP contribution in [0.5, 0.6) is 5.75 Å². The van der Waals surface area contributed by atoms with Gasteiger partial charge >= 0.3 is 6.18 Å². The summed E-state index contributed by atoms with van der Waals surface area (Å²) in [5, 5.41) is 0. The van der Waals surface area contributed by atoms with Gasteiger partial charge in [-0.15, -0.1) is 0 Å². The molecular weight excluding hydrogens is 395 g/mol. The van der Waals surface area contributed by atoms with Crippen molar-refractivity contribution >= 4 is 22.8 Å². The van der Waals surface area contributed by atoms with Crippen LogP contribution in [0.2, 0.25) is 0 Å². The summed E-state index contributed by atoms with van der Waals surface area (Å²) in [5.74, 6) is 0.833. The molecule has 0 atom stereocenters. The van der Waals surface area contributed by atoms with Crippen LogP contribution in [0.25, 0.3) is 11.3 Å². The first-order valence-corrected chi connectivity index (χ1v) is 9.48. The van der Waals surface area contributed by atoms with E-state index in [1.165, 1.54) is 13.3 Å². The minimum absolute atomic E-state index is 0.147. The van der Waals surface area contributed by atoms with Gasteiger partial charge in [0.15, 0.2) is 11.6 Å². The molecule has 0 radical (unpaired) electrons. The Morgan fingerprint density at radius 1 is 1.17 bits per heavy atom. The van der Waals surface area contributed by atoms with E-state index < -0.39 is 12.6 Å². The van der Waals surface area contributed by atoms with Crippen molar-refractivity contribution in [2.45, 2.75) is 46.2 Å². The Balaban J connectivity index is 2.05. The number of ether oxygens (including phenoxy) is 1. The fourth-order valence-corrected chi connectivity index (χ4v) is 3.07. The molecule has 3 heterocycles. The normalized spacial score (nSPS) is 14.8. The molecule has 9 heteroatoms. The summed E-state index contributed by atoms with van der Waals surface area (Å²) in [7, 11) is 1.50. The van der Waals surface area contributed by atoms with Crippen LogP contribution in [0.15, 0.2) is 29.5 Å². The molecule has 0 saturated carbocycles. The lowest BCUT2D eigenvalue weighted by atomic mass is 9.86. The molecule has 0 aromatic carbocycles. The number of aliphatic imine (C=N–C) groups is 1. The van der Waals surface area contributed by atoms with Crippen molar-refractivity contribution in [2.75, 3.05) is 12.8 Å². The fourth-order valence-electron chi connectivity index (χ4n) is 3.07. The average Bonchev–Trinajstić information content (AvgIpc) is 3.12. The molecule has 6 nitrogen and oxygen atoms in total. The molecule has 0 fully saturated rings. The number of anilines is 1. The van der Waals surface area contributed by atoms with Crippen LogP contribution in [-0.4, -0.2) is 33.9 Å². The van der Waals surface area contributed by atoms with Crippen molar-refractivity contribution in [3.63, 3.8) is 0 Å². The van der Waals surface area contributed by atoms with Crippen LogP contribution in [0.1, 0.15) is 50.7 Å². The first-order valence-electron chi connectivity index (χ1n) is 9.48. The summed E-state index contributed by atoms with van der Waals surface area (Å²) in [6, 6.07) is 3.44. The van der Waals surface area contributed by atoms with Gasteiger partial charge in [0.25, 0.3) is 0 Å². The highest BCUT2D eigenvalue weighted by atomic mass is 19.4. The molecule has 2 aromatic heterocycles. The van der Waals surface area contributed by atoms with E-state index in [4.69, 9.17) is 15.5 Å². The predicted octanol–water partition coefficient (Wildman–Crippen LogP) is 4.72. The standard InChI is InChI=1S/C21H24F3N5O/c1-20(2,3)16-10-13(14-6-8-26-17(28-14)5-7-21(22,23)24)18(29-16)12-9-15(30-4)19(25)27-11-12/h6,8-9,11H,5,7,10H2,1-4H3,(H2,25,27). The lowest BCUT2D eigenvalue weighted by Gasteiger charge is -2.18. The monoisotopic (exact) mass is 419 g/mol. The summed E-state index contributed by atoms with van der Waals surface area (Å²) in [6.45, 7) is 6.18. The van der Waals surface area contributed by atoms with Gasteiger partial charge in [0.05, 0.1) is 24.9 Å². The maximum absolute atomic E-state index is 12.6. The first kappa shape index (κ1) is 21.7. The van der Waals surface area contributed by atoms with Gasteiger partial charge in [0.1, 0.15) is 5.82 Å². The van der Waals surface area contributed by atoms with Crippen molar-refractivity contribution in [3.8, 4) is 5.75 Å². The zero-order chi connectivity index (χ0) is 22.1. The SMILES string of the molecule is COc1cc(C2=C(c3ccnc(CCC(F)(F)F)n3)CC(C(C)(C)C)=N2)cnc1N. The van der Waals surface area contributed by atoms with Crippen LogP contribution in [0, 0.1) is 5.41 Å². The van der Waals surface area contributed by atoms with E-state index in [1.54, 1.807) is 18.3 Å². The van der Waals surface area contributed by atoms with Gasteiger partial charge in [-0.05, 0) is 12.1 Å². The Labute approximate surface area is 173 Å². The Morgan fingerprint density at radius 2 is 1.90 bits per heavy atom. The number of halogens is 3. The molecular formula is C21H24F3N5O. The minimum atomic E-state index is -4.26. The molecule has 30 heavy (non-hydrogen) atoms. The zero-order valence-corrected chi connectivity index (χ0v) is 17.3. The van der Waals surface area contributed by atoms with Gasteiger partial charge in [0, 0.05) is 47.5 Å². The predicted molar refractivity (Wildman–Crippen MR) is 110 cm³/mol. The quantitative estimate of drug-likeness (QED) is 0.758. The van der Waals surface area contributed by atoms with Crippen molar-refractivity contribution in [2.24, 2.45) is 10.4 Å². The molecule has 0 unspecified atom stereocenters. The molecule has 3 rings (SSSR count). The lowest BCUT2D eigenvalue weighted by Crippen LogP contribution is -2.18. The molecule has 1 aliphatic heterocycles. The molecule has 2 aromatic rings. The highest BCUT2D eigenvalue weighted by Gasteiger charge is 2.30. The molecule has 1 aliphatic rings. The van der Waals surface area contributed by atoms with Crippen LogP contribution < -0.4 is 10.5 Å². The van der Waals surface area contributed by atoms with E-state index in [2.05, 4.69) is 35.7 Å². The first-order chi connectivity index (χ1) is 14.0. The van der Waals surface area contributed by atoms with Crippen molar-refractivity contribution in [1.82, 2.24) is 15.0 Å². The third-order valence-corrected chi connectivity index (χ3v) is 4.76. The molecule has 160 valence electrons. The number of aromatic nitrogens is 3. The van der Waals surface area contributed by atoms with Crippen LogP contribution in [0.3, 0.4) is 0 Å². The second-order valence-electron chi connectivity index (χ2n) is 8.10. The van der Waals surface area contributed by atoms with Crippen molar-refractivity contribution < 1.29 is 17.9 Å². The highest BCUT2D eigenvalue weighted by Crippen LogP contribution is 2.40. The number of methoxy groups -OCH3 is 1. The second-order valence-corrected chi connectivity index (χ2v) is 8.10. The lowest BCUT2D eigenvalue weighted by molar-refractivity contribution is -0.134. The maximum atomic E-state index is 12.6. The second kappa shape index (κ2) is 8.04. The van der Waals surface area contributed by atoms with Gasteiger partial charge in [-0.1, -0.05) is 20.8 Å². The number of rotatable bonds is 5. The minimum Gasteiger partial charge on any atom is -0.493 e. The van der Waals surface area contributed by atoms with E-state index in [-0.39, 0.29) is 23.5 Å². The van der Waals surface area contributed by atoms with E-state index in [9.17, 15) is 13.2 Å². The van der Waals surface area contributed by atoms with Gasteiger partial charge in [0.2, 0.25) is 0 Å². The number of alkyl halides is 3. The van der Waals surface area contributed by atoms with Crippen LogP contribution in [-0.2, 0) is 6.42 Å². The molecule has 0 bridgehead atoms. The van der Waals surface area contributed by atoms with Crippen LogP contribution in [0.4, 0.5) is 19.0 Å². The largest absolute Gasteiger partial charge is 0.493 e. The van der Waals surface area contributed by atoms with Crippen molar-refractivity contribution in [1.29, 1.82) is 0 Å². The average molecular weight is 419 g/mol. The third-order valence-electron chi connectivity index (χ3n) is 4.76. The van der Waals surface area contributed by atoms with Crippen LogP contribution >= 0.6 is 0 Å². The molecule has 0 aliphatic carbocycles. The summed E-state index contributed by atoms with van der Waals surface area (Å²) >= 11 is 0. The van der Waals surface area contributed by atoms with E-state index in [1.807, 2.05) is 0 Å². The topological polar surface area (TPSA) is 86.3 Å². The summed E-state index contributed by atoms with van der Waals surface area (Å²) in [5.41, 5.74) is 9.30. The summed E-state index contributed by atoms with van der Waals surface area (Å²) in [6.07, 6.45) is -1.88. The Bertz CT molecular complexity index is 1010. The number of nitrogen functional groups attached to an aromatic ring is 1. The highest BCUT2D eigenvalue weighted by molar-refractivity contribution is 6.11. The van der Waals surface area contributed by atoms with E-state index in [0.29, 0.717) is 29.1 Å². The van der Waals surface area contributed by atoms with E-state index in [0.717, 1.165) is 11.3 Å². The van der Waals surface area contributed by atoms with Crippen molar-refractivity contribution in [3.05, 3.63) is 41.6 Å². The number of hydrogen-bond donors (Lipinski definition) is 1. The smallest absolute Gasteiger partial charge is 0.389 e. The Kier molecular flexibility index (Phi) is 5.83. The fraction of sp³-hybridized carbons (Fsp3) is 0.429. The van der Waals surface area contributed by atoms with Gasteiger partial charge in [-0.2, -0.15) is 13.2 Å². The number of hydrogen-bond acceptors (Lipinski definition) is 6. The number of aryl methyl sites for hydroxylation is 1. The Morgan fingerprint density at radius 3 is 2.53 bits per heavy atom. The van der Waals surface area contributed by atoms with Gasteiger partial charge < -0.3 is 10.5 Å². The van der Waals surface area contributed by atoms with Gasteiger partial charge in [-0.25, -0.2) is 15.0 Å². The molecule has 2 N–H and O–H groups in total. The maximum Gasteiger partial charge on any atom is 0.389 e. The number of allylic oxidation sites excluding steroid dienone is 1. The summed E-state index contributed by atoms with van der Waals surface area (Å²) < 4.78 is 43.1. The zero-order valence-electron chi connectivity index (χ0n) is 17.3. The summed E-state index contributed by atoms with van der Waals surface area (Å²) in [4.78, 5) is 17.4. The molecule has 0 spiro atoms.